The van der Waals surface area contributed by atoms with Crippen molar-refractivity contribution in [2.45, 2.75) is 32.4 Å². The first kappa shape index (κ1) is 21.2. The van der Waals surface area contributed by atoms with Gasteiger partial charge in [-0.15, -0.1) is 0 Å². The molecule has 0 spiro atoms. The van der Waals surface area contributed by atoms with Crippen LogP contribution in [0.2, 0.25) is 0 Å². The van der Waals surface area contributed by atoms with Crippen LogP contribution < -0.4 is 10.6 Å². The molecule has 1 atom stereocenters. The highest BCUT2D eigenvalue weighted by atomic mass is 16.2. The molecule has 0 aliphatic carbocycles. The molecule has 0 bridgehead atoms. The summed E-state index contributed by atoms with van der Waals surface area (Å²) >= 11 is 0. The highest BCUT2D eigenvalue weighted by molar-refractivity contribution is 6.15. The number of hydrogen-bond acceptors (Lipinski definition) is 5. The summed E-state index contributed by atoms with van der Waals surface area (Å²) in [7, 11) is 1.34. The molecule has 2 aliphatic rings. The first-order valence-electron chi connectivity index (χ1n) is 10.2. The summed E-state index contributed by atoms with van der Waals surface area (Å²) < 4.78 is 0. The smallest absolute Gasteiger partial charge is 0.322 e. The molecule has 0 radical (unpaired) electrons. The molecule has 164 valence electrons. The maximum Gasteiger partial charge on any atom is 0.328 e. The first-order valence-corrected chi connectivity index (χ1v) is 10.2. The third kappa shape index (κ3) is 3.84. The Morgan fingerprint density at radius 2 is 1.81 bits per heavy atom. The minimum atomic E-state index is -0.780. The number of aryl methyl sites for hydroxylation is 1. The predicted molar refractivity (Wildman–Crippen MR) is 115 cm³/mol. The highest BCUT2D eigenvalue weighted by Gasteiger charge is 2.41. The molecule has 32 heavy (non-hydrogen) atoms. The molecule has 2 aromatic carbocycles. The fourth-order valence-corrected chi connectivity index (χ4v) is 3.91. The van der Waals surface area contributed by atoms with Crippen LogP contribution in [0.4, 0.5) is 10.5 Å². The number of amides is 6. The molecule has 2 aliphatic heterocycles. The normalized spacial score (nSPS) is 17.6. The average molecular weight is 434 g/mol. The van der Waals surface area contributed by atoms with Gasteiger partial charge in [-0.1, -0.05) is 29.8 Å². The Balaban J connectivity index is 1.54. The van der Waals surface area contributed by atoms with Gasteiger partial charge in [-0.3, -0.25) is 29.4 Å². The molecule has 2 heterocycles. The van der Waals surface area contributed by atoms with Crippen molar-refractivity contribution >= 4 is 35.3 Å². The van der Waals surface area contributed by atoms with Gasteiger partial charge in [0.2, 0.25) is 11.8 Å². The lowest BCUT2D eigenvalue weighted by molar-refractivity contribution is -0.136. The molecule has 1 saturated heterocycles. The van der Waals surface area contributed by atoms with E-state index in [0.717, 1.165) is 10.5 Å². The minimum absolute atomic E-state index is 0.0869. The lowest BCUT2D eigenvalue weighted by Gasteiger charge is -2.29. The van der Waals surface area contributed by atoms with Crippen molar-refractivity contribution in [1.29, 1.82) is 0 Å². The zero-order chi connectivity index (χ0) is 23.0. The molecule has 2 N–H and O–H groups in total. The molecule has 0 saturated carbocycles. The highest BCUT2D eigenvalue weighted by Crippen LogP contribution is 2.30. The number of carbonyl (C=O) groups is 5. The number of nitrogens with zero attached hydrogens (tertiary/aromatic N) is 2. The third-order valence-electron chi connectivity index (χ3n) is 5.70. The summed E-state index contributed by atoms with van der Waals surface area (Å²) in [5, 5.41) is 4.91. The Morgan fingerprint density at radius 1 is 1.09 bits per heavy atom. The summed E-state index contributed by atoms with van der Waals surface area (Å²) in [4.78, 5) is 64.8. The van der Waals surface area contributed by atoms with Crippen molar-refractivity contribution < 1.29 is 24.0 Å². The van der Waals surface area contributed by atoms with Gasteiger partial charge < -0.3 is 10.2 Å². The van der Waals surface area contributed by atoms with Crippen molar-refractivity contribution in [2.75, 3.05) is 12.4 Å². The zero-order valence-corrected chi connectivity index (χ0v) is 17.7. The molecular formula is C23H22N4O5. The maximum absolute atomic E-state index is 13.2. The second-order valence-corrected chi connectivity index (χ2v) is 7.90. The van der Waals surface area contributed by atoms with E-state index in [1.165, 1.54) is 18.0 Å². The van der Waals surface area contributed by atoms with Crippen LogP contribution >= 0.6 is 0 Å². The van der Waals surface area contributed by atoms with E-state index < -0.39 is 29.8 Å². The van der Waals surface area contributed by atoms with Crippen LogP contribution in [-0.2, 0) is 16.1 Å². The van der Waals surface area contributed by atoms with Crippen LogP contribution in [0.5, 0.6) is 0 Å². The monoisotopic (exact) mass is 434 g/mol. The van der Waals surface area contributed by atoms with Crippen molar-refractivity contribution in [1.82, 2.24) is 15.1 Å². The van der Waals surface area contributed by atoms with Crippen LogP contribution in [0, 0.1) is 6.92 Å². The molecule has 9 heteroatoms. The van der Waals surface area contributed by atoms with E-state index in [9.17, 15) is 24.0 Å². The Morgan fingerprint density at radius 3 is 2.50 bits per heavy atom. The average Bonchev–Trinajstić information content (AvgIpc) is 3.10. The van der Waals surface area contributed by atoms with Crippen LogP contribution in [0.15, 0.2) is 42.5 Å². The van der Waals surface area contributed by atoms with E-state index in [0.29, 0.717) is 11.3 Å². The molecule has 9 nitrogen and oxygen atoms in total. The van der Waals surface area contributed by atoms with E-state index >= 15 is 0 Å². The van der Waals surface area contributed by atoms with Crippen molar-refractivity contribution in [2.24, 2.45) is 0 Å². The zero-order valence-electron chi connectivity index (χ0n) is 17.7. The van der Waals surface area contributed by atoms with Gasteiger partial charge in [0.1, 0.15) is 6.04 Å². The van der Waals surface area contributed by atoms with E-state index in [-0.39, 0.29) is 36.4 Å². The Kier molecular flexibility index (Phi) is 5.48. The summed E-state index contributed by atoms with van der Waals surface area (Å²) in [5.41, 5.74) is 2.43. The summed E-state index contributed by atoms with van der Waals surface area (Å²) in [6.45, 7) is 2.08. The number of rotatable bonds is 3. The van der Waals surface area contributed by atoms with Gasteiger partial charge >= 0.3 is 6.03 Å². The van der Waals surface area contributed by atoms with Crippen molar-refractivity contribution in [3.8, 4) is 0 Å². The van der Waals surface area contributed by atoms with Crippen LogP contribution in [0.25, 0.3) is 0 Å². The lowest BCUT2D eigenvalue weighted by atomic mass is 10.0. The van der Waals surface area contributed by atoms with Crippen LogP contribution in [-0.4, -0.2) is 52.5 Å². The molecule has 0 aromatic heterocycles. The van der Waals surface area contributed by atoms with E-state index in [1.54, 1.807) is 24.3 Å². The SMILES string of the molecule is Cc1ccc(NC(=O)N(C)C(=O)c2cccc3c2C(=O)N(C2CCC(=O)NC2=O)C3)cc1. The number of piperidine rings is 1. The second-order valence-electron chi connectivity index (χ2n) is 7.90. The minimum Gasteiger partial charge on any atom is -0.322 e. The predicted octanol–water partition coefficient (Wildman–Crippen LogP) is 2.06. The number of fused-ring (bicyclic) bond motifs is 1. The number of imide groups is 2. The van der Waals surface area contributed by atoms with Gasteiger partial charge in [-0.2, -0.15) is 0 Å². The quantitative estimate of drug-likeness (QED) is 0.718. The molecule has 2 aromatic rings. The van der Waals surface area contributed by atoms with Crippen molar-refractivity contribution in [3.63, 3.8) is 0 Å². The summed E-state index contributed by atoms with van der Waals surface area (Å²) in [6, 6.07) is 10.6. The number of carbonyl (C=O) groups excluding carboxylic acids is 5. The number of nitrogens with one attached hydrogen (secondary N) is 2. The van der Waals surface area contributed by atoms with Crippen LogP contribution in [0.1, 0.15) is 44.7 Å². The van der Waals surface area contributed by atoms with Gasteiger partial charge in [0.25, 0.3) is 11.8 Å². The number of benzene rings is 2. The number of anilines is 1. The number of urea groups is 1. The first-order chi connectivity index (χ1) is 15.3. The Labute approximate surface area is 184 Å². The van der Waals surface area contributed by atoms with Gasteiger partial charge in [0.05, 0.1) is 11.1 Å². The molecule has 4 rings (SSSR count). The summed E-state index contributed by atoms with van der Waals surface area (Å²) in [6.07, 6.45) is 0.372. The van der Waals surface area contributed by atoms with E-state index in [1.807, 2.05) is 19.1 Å². The fraction of sp³-hybridized carbons (Fsp3) is 0.261. The Hall–Kier alpha value is -4.01. The van der Waals surface area contributed by atoms with Crippen LogP contribution in [0.3, 0.4) is 0 Å². The van der Waals surface area contributed by atoms with Gasteiger partial charge in [-0.05, 0) is 37.1 Å². The van der Waals surface area contributed by atoms with E-state index in [2.05, 4.69) is 10.6 Å². The topological polar surface area (TPSA) is 116 Å². The molecule has 1 fully saturated rings. The fourth-order valence-electron chi connectivity index (χ4n) is 3.91. The van der Waals surface area contributed by atoms with Gasteiger partial charge in [-0.25, -0.2) is 4.79 Å². The molecule has 1 unspecified atom stereocenters. The largest absolute Gasteiger partial charge is 0.328 e. The Bertz CT molecular complexity index is 1140. The standard InChI is InChI=1S/C23H22N4O5/c1-13-6-8-15(9-7-13)24-23(32)26(2)21(30)16-5-3-4-14-12-27(22(31)19(14)16)17-10-11-18(28)25-20(17)29/h3-9,17H,10-12H2,1-2H3,(H,24,32)(H,25,28,29). The van der Waals surface area contributed by atoms with Gasteiger partial charge in [0, 0.05) is 25.7 Å². The third-order valence-corrected chi connectivity index (χ3v) is 5.70. The molecular weight excluding hydrogens is 412 g/mol. The van der Waals surface area contributed by atoms with E-state index in [4.69, 9.17) is 0 Å². The molecule has 6 amide bonds. The maximum atomic E-state index is 13.2. The summed E-state index contributed by atoms with van der Waals surface area (Å²) in [5.74, 6) is -1.99. The van der Waals surface area contributed by atoms with Gasteiger partial charge in [0.15, 0.2) is 0 Å². The number of hydrogen-bond donors (Lipinski definition) is 2. The second kappa shape index (κ2) is 8.26. The lowest BCUT2D eigenvalue weighted by Crippen LogP contribution is -2.52. The van der Waals surface area contributed by atoms with Crippen molar-refractivity contribution in [3.05, 3.63) is 64.7 Å².